The second kappa shape index (κ2) is 20.8. The van der Waals surface area contributed by atoms with Crippen LogP contribution in [0.4, 0.5) is 0 Å². The van der Waals surface area contributed by atoms with E-state index in [1.165, 1.54) is 0 Å². The van der Waals surface area contributed by atoms with Gasteiger partial charge >= 0.3 is 11.9 Å². The highest BCUT2D eigenvalue weighted by atomic mass is 35.5. The number of carboxylic acid groups (broad SMARTS) is 1. The summed E-state index contributed by atoms with van der Waals surface area (Å²) >= 11 is 7.55. The number of hydrogen-bond donors (Lipinski definition) is 3. The molecule has 0 saturated carbocycles. The van der Waals surface area contributed by atoms with Crippen molar-refractivity contribution >= 4 is 46.3 Å². The normalized spacial score (nSPS) is 12.3. The van der Waals surface area contributed by atoms with Gasteiger partial charge in [-0.05, 0) is 95.8 Å². The number of fused-ring (bicyclic) bond motifs is 1. The van der Waals surface area contributed by atoms with Gasteiger partial charge in [0.1, 0.15) is 17.4 Å². The van der Waals surface area contributed by atoms with Crippen LogP contribution in [-0.2, 0) is 46.0 Å². The Labute approximate surface area is 384 Å². The zero-order valence-electron chi connectivity index (χ0n) is 36.0. The van der Waals surface area contributed by atoms with E-state index in [9.17, 15) is 14.7 Å². The Morgan fingerprint density at radius 3 is 2.32 bits per heavy atom. The van der Waals surface area contributed by atoms with Gasteiger partial charge in [-0.15, -0.1) is 22.0 Å². The summed E-state index contributed by atoms with van der Waals surface area (Å²) < 4.78 is 19.6. The van der Waals surface area contributed by atoms with E-state index >= 15 is 0 Å². The molecule has 3 N–H and O–H groups in total. The monoisotopic (exact) mass is 910 g/mol. The molecule has 5 aromatic carbocycles. The molecule has 0 saturated heterocycles. The molecule has 8 aromatic rings. The third-order valence-corrected chi connectivity index (χ3v) is 12.0. The number of thioether (sulfide) groups is 1. The van der Waals surface area contributed by atoms with Gasteiger partial charge in [0.2, 0.25) is 5.82 Å². The molecule has 0 aliphatic heterocycles. The van der Waals surface area contributed by atoms with Gasteiger partial charge in [-0.1, -0.05) is 91.3 Å². The highest BCUT2D eigenvalue weighted by molar-refractivity contribution is 7.98. The standard InChI is InChI=1S/C49H47ClN8O6S/c1-4-8-44-51-42(45(49(61)62-5-2)58(44)27-32-11-17-34(18-12-32)38-9-6-7-10-39(38)47-54-56-57-55-47)29-65-37-23-24-40-41(26-37)53-46(52-40)30(3)64-36-21-15-31(16-22-36)25-43(48(59)60)63-28-33-13-19-35(50)20-14-33/h6-7,9-24,26,30,43H,4-5,8,25,27-29H2,1-3H3,(H,52,53)(H,59,60)(H,54,55,56,57). The molecule has 0 aliphatic rings. The van der Waals surface area contributed by atoms with Crippen molar-refractivity contribution in [2.45, 2.75) is 76.0 Å². The fraction of sp³-hybridized carbons (Fsp3) is 0.245. The highest BCUT2D eigenvalue weighted by Crippen LogP contribution is 2.32. The highest BCUT2D eigenvalue weighted by Gasteiger charge is 2.25. The number of nitrogens with one attached hydrogen (secondary N) is 2. The number of nitrogens with zero attached hydrogens (tertiary/aromatic N) is 6. The summed E-state index contributed by atoms with van der Waals surface area (Å²) in [5.41, 5.74) is 8.29. The third kappa shape index (κ3) is 10.9. The first-order chi connectivity index (χ1) is 31.6. The number of H-pyrrole nitrogens is 2. The van der Waals surface area contributed by atoms with Crippen LogP contribution >= 0.6 is 23.4 Å². The number of aliphatic carboxylic acids is 1. The quantitative estimate of drug-likeness (QED) is 0.0487. The van der Waals surface area contributed by atoms with E-state index in [2.05, 4.69) is 56.8 Å². The molecule has 2 atom stereocenters. The molecular formula is C49H47ClN8O6S. The number of esters is 1. The molecular weight excluding hydrogens is 864 g/mol. The number of aromatic amines is 2. The molecule has 14 nitrogen and oxygen atoms in total. The van der Waals surface area contributed by atoms with Gasteiger partial charge < -0.3 is 28.9 Å². The number of imidazole rings is 2. The van der Waals surface area contributed by atoms with E-state index in [0.29, 0.717) is 52.5 Å². The van der Waals surface area contributed by atoms with Crippen molar-refractivity contribution < 1.29 is 28.9 Å². The number of aromatic nitrogens is 8. The smallest absolute Gasteiger partial charge is 0.356 e. The van der Waals surface area contributed by atoms with Crippen molar-refractivity contribution in [3.63, 3.8) is 0 Å². The van der Waals surface area contributed by atoms with Gasteiger partial charge in [-0.25, -0.2) is 19.6 Å². The number of halogens is 1. The fourth-order valence-corrected chi connectivity index (χ4v) is 8.46. The zero-order chi connectivity index (χ0) is 45.3. The minimum atomic E-state index is -1.03. The summed E-state index contributed by atoms with van der Waals surface area (Å²) in [4.78, 5) is 39.9. The summed E-state index contributed by atoms with van der Waals surface area (Å²) in [6.07, 6.45) is 0.341. The second-order valence-electron chi connectivity index (χ2n) is 15.3. The van der Waals surface area contributed by atoms with Crippen LogP contribution < -0.4 is 4.74 Å². The zero-order valence-corrected chi connectivity index (χ0v) is 37.6. The minimum absolute atomic E-state index is 0.159. The average molecular weight is 911 g/mol. The molecule has 65 heavy (non-hydrogen) atoms. The molecule has 0 aliphatic carbocycles. The van der Waals surface area contributed by atoms with Crippen molar-refractivity contribution in [2.75, 3.05) is 6.61 Å². The number of benzene rings is 5. The molecule has 0 radical (unpaired) electrons. The van der Waals surface area contributed by atoms with Gasteiger partial charge in [0.05, 0.1) is 29.9 Å². The van der Waals surface area contributed by atoms with Crippen molar-refractivity contribution in [1.29, 1.82) is 0 Å². The molecule has 0 amide bonds. The number of carboxylic acids is 1. The molecule has 3 aromatic heterocycles. The summed E-state index contributed by atoms with van der Waals surface area (Å²) in [6, 6.07) is 36.6. The molecule has 0 bridgehead atoms. The van der Waals surface area contributed by atoms with Crippen LogP contribution in [0, 0.1) is 0 Å². The van der Waals surface area contributed by atoms with Gasteiger partial charge in [-0.3, -0.25) is 0 Å². The Morgan fingerprint density at radius 1 is 0.877 bits per heavy atom. The Bertz CT molecular complexity index is 2870. The van der Waals surface area contributed by atoms with Gasteiger partial charge in [0.25, 0.3) is 0 Å². The second-order valence-corrected chi connectivity index (χ2v) is 16.8. The molecule has 16 heteroatoms. The minimum Gasteiger partial charge on any atom is -0.483 e. The largest absolute Gasteiger partial charge is 0.483 e. The summed E-state index contributed by atoms with van der Waals surface area (Å²) in [5, 5.41) is 25.0. The number of ether oxygens (including phenoxy) is 3. The first-order valence-electron chi connectivity index (χ1n) is 21.3. The average Bonchev–Trinajstić information content (AvgIpc) is 4.09. The number of carbonyl (C=O) groups excluding carboxylic acids is 1. The van der Waals surface area contributed by atoms with Crippen LogP contribution in [0.25, 0.3) is 33.5 Å². The fourth-order valence-electron chi connectivity index (χ4n) is 7.46. The van der Waals surface area contributed by atoms with Crippen molar-refractivity contribution in [2.24, 2.45) is 0 Å². The lowest BCUT2D eigenvalue weighted by molar-refractivity contribution is -0.151. The Morgan fingerprint density at radius 2 is 1.62 bits per heavy atom. The lowest BCUT2D eigenvalue weighted by Gasteiger charge is -2.15. The van der Waals surface area contributed by atoms with Gasteiger partial charge in [0, 0.05) is 40.6 Å². The molecule has 3 heterocycles. The maximum Gasteiger partial charge on any atom is 0.356 e. The van der Waals surface area contributed by atoms with Crippen LogP contribution in [0.15, 0.2) is 120 Å². The number of tetrazole rings is 1. The molecule has 8 rings (SSSR count). The van der Waals surface area contributed by atoms with Gasteiger partial charge in [0.15, 0.2) is 17.9 Å². The van der Waals surface area contributed by atoms with E-state index < -0.39 is 24.1 Å². The van der Waals surface area contributed by atoms with Crippen molar-refractivity contribution in [3.8, 4) is 28.3 Å². The van der Waals surface area contributed by atoms with E-state index in [-0.39, 0.29) is 19.6 Å². The number of hydrogen-bond acceptors (Lipinski definition) is 11. The lowest BCUT2D eigenvalue weighted by atomic mass is 9.98. The van der Waals surface area contributed by atoms with E-state index in [1.54, 1.807) is 23.9 Å². The molecule has 2 unspecified atom stereocenters. The maximum absolute atomic E-state index is 13.7. The Balaban J connectivity index is 0.931. The molecule has 0 fully saturated rings. The summed E-state index contributed by atoms with van der Waals surface area (Å²) in [5.74, 6) is 1.65. The van der Waals surface area contributed by atoms with Crippen LogP contribution in [-0.4, -0.2) is 69.9 Å². The lowest BCUT2D eigenvalue weighted by Crippen LogP contribution is -2.26. The van der Waals surface area contributed by atoms with Crippen LogP contribution in [0.2, 0.25) is 5.02 Å². The molecule has 332 valence electrons. The first-order valence-corrected chi connectivity index (χ1v) is 22.7. The number of rotatable bonds is 20. The Kier molecular flexibility index (Phi) is 14.3. The van der Waals surface area contributed by atoms with E-state index in [0.717, 1.165) is 61.6 Å². The first kappa shape index (κ1) is 44.8. The van der Waals surface area contributed by atoms with E-state index in [4.69, 9.17) is 35.8 Å². The van der Waals surface area contributed by atoms with E-state index in [1.807, 2.05) is 97.3 Å². The van der Waals surface area contributed by atoms with Crippen LogP contribution in [0.1, 0.15) is 77.8 Å². The number of aryl methyl sites for hydroxylation is 1. The molecule has 0 spiro atoms. The Hall–Kier alpha value is -6.81. The van der Waals surface area contributed by atoms with Crippen LogP contribution in [0.5, 0.6) is 5.75 Å². The summed E-state index contributed by atoms with van der Waals surface area (Å²) in [6.45, 7) is 6.68. The summed E-state index contributed by atoms with van der Waals surface area (Å²) in [7, 11) is 0. The van der Waals surface area contributed by atoms with Crippen molar-refractivity contribution in [3.05, 3.63) is 160 Å². The topological polar surface area (TPSA) is 183 Å². The van der Waals surface area contributed by atoms with Gasteiger partial charge in [-0.2, -0.15) is 5.21 Å². The number of carbonyl (C=O) groups is 2. The van der Waals surface area contributed by atoms with Crippen LogP contribution in [0.3, 0.4) is 0 Å². The predicted molar refractivity (Wildman–Crippen MR) is 249 cm³/mol. The van der Waals surface area contributed by atoms with Crippen molar-refractivity contribution in [1.82, 2.24) is 40.1 Å². The SMILES string of the molecule is CCCc1nc(CSc2ccc3nc(C(C)Oc4ccc(CC(OCc5ccc(Cl)cc5)C(=O)O)cc4)[nH]c3c2)c(C(=O)OCC)n1Cc1ccc(-c2ccccc2-c2nn[nH]n2)cc1. The maximum atomic E-state index is 13.7. The third-order valence-electron chi connectivity index (χ3n) is 10.7. The predicted octanol–water partition coefficient (Wildman–Crippen LogP) is 10.1.